The average molecular weight is 600 g/mol. The number of nitrogens with one attached hydrogen (secondary N) is 2. The molecule has 5 aliphatic rings. The molecule has 0 unspecified atom stereocenters. The summed E-state index contributed by atoms with van der Waals surface area (Å²) in [7, 11) is 2.02. The number of carbonyl (C=O) groups is 3. The van der Waals surface area contributed by atoms with Crippen LogP contribution < -0.4 is 5.32 Å². The number of fused-ring (bicyclic) bond motifs is 5. The third kappa shape index (κ3) is 3.88. The van der Waals surface area contributed by atoms with Crippen molar-refractivity contribution < 1.29 is 24.2 Å². The van der Waals surface area contributed by atoms with Crippen LogP contribution in [0.25, 0.3) is 16.5 Å². The number of amides is 3. The summed E-state index contributed by atoms with van der Waals surface area (Å²) in [6, 6.07) is 14.0. The highest BCUT2D eigenvalue weighted by atomic mass is 32.2. The van der Waals surface area contributed by atoms with Crippen molar-refractivity contribution >= 4 is 46.0 Å². The molecule has 0 spiro atoms. The van der Waals surface area contributed by atoms with Crippen LogP contribution in [0.3, 0.4) is 0 Å². The first kappa shape index (κ1) is 26.9. The van der Waals surface area contributed by atoms with Gasteiger partial charge in [0, 0.05) is 41.9 Å². The van der Waals surface area contributed by atoms with Crippen LogP contribution in [0.2, 0.25) is 0 Å². The molecule has 222 valence electrons. The zero-order valence-corrected chi connectivity index (χ0v) is 24.8. The van der Waals surface area contributed by atoms with Gasteiger partial charge in [-0.15, -0.1) is 11.8 Å². The van der Waals surface area contributed by atoms with E-state index in [0.29, 0.717) is 18.2 Å². The molecule has 3 fully saturated rings. The van der Waals surface area contributed by atoms with Gasteiger partial charge in [0.05, 0.1) is 11.8 Å². The summed E-state index contributed by atoms with van der Waals surface area (Å²) in [4.78, 5) is 50.1. The average Bonchev–Trinajstić information content (AvgIpc) is 3.70. The topological polar surface area (TPSA) is 118 Å². The minimum atomic E-state index is -2.06. The molecule has 1 aliphatic carbocycles. The van der Waals surface area contributed by atoms with Crippen LogP contribution in [0.1, 0.15) is 23.6 Å². The number of H-pyrrole nitrogens is 1. The molecule has 5 heterocycles. The minimum Gasteiger partial charge on any atom is -0.361 e. The van der Waals surface area contributed by atoms with Crippen molar-refractivity contribution in [2.75, 3.05) is 25.2 Å². The van der Waals surface area contributed by atoms with E-state index in [4.69, 9.17) is 4.74 Å². The monoisotopic (exact) mass is 599 g/mol. The lowest BCUT2D eigenvalue weighted by atomic mass is 9.79. The van der Waals surface area contributed by atoms with E-state index < -0.39 is 35.5 Å². The second-order valence-electron chi connectivity index (χ2n) is 12.4. The number of likely N-dealkylation sites (N-methyl/N-ethyl adjacent to an activating group) is 1. The van der Waals surface area contributed by atoms with Gasteiger partial charge in [0.1, 0.15) is 12.1 Å². The standard InChI is InChI=1S/C32H33N5O5S/c1-31(34-28(38)20-12-22-21-9-6-10-23-27(21)19(14-33-23)13-24(22)35(2)15-20)30(40)37-25(11-18-7-4-3-5-8-18)29(39)36-17-43-16-26(36)32(37,41)42-31/h3-10,12,14,20,24-26,33,41H,11,13,15-17H2,1-2H3,(H,34,38)/t20-,24+,25-,26+,31+,32-/m0/s1. The quantitative estimate of drug-likeness (QED) is 0.419. The molecule has 0 bridgehead atoms. The first-order valence-corrected chi connectivity index (χ1v) is 15.9. The molecule has 3 N–H and O–H groups in total. The summed E-state index contributed by atoms with van der Waals surface area (Å²) in [5, 5.41) is 16.1. The molecular weight excluding hydrogens is 566 g/mol. The number of benzene rings is 2. The third-order valence-electron chi connectivity index (χ3n) is 9.76. The number of rotatable bonds is 4. The fourth-order valence-electron chi connectivity index (χ4n) is 7.67. The molecular formula is C32H33N5O5S. The first-order valence-electron chi connectivity index (χ1n) is 14.7. The summed E-state index contributed by atoms with van der Waals surface area (Å²) in [5.74, 6) is -3.00. The Balaban J connectivity index is 1.11. The fraction of sp³-hybridized carbons (Fsp3) is 0.406. The van der Waals surface area contributed by atoms with Crippen molar-refractivity contribution in [2.45, 2.75) is 49.5 Å². The van der Waals surface area contributed by atoms with E-state index in [1.54, 1.807) is 4.90 Å². The van der Waals surface area contributed by atoms with Crippen molar-refractivity contribution in [3.63, 3.8) is 0 Å². The Morgan fingerprint density at radius 2 is 2.00 bits per heavy atom. The van der Waals surface area contributed by atoms with E-state index in [1.165, 1.54) is 34.5 Å². The molecule has 3 saturated heterocycles. The zero-order chi connectivity index (χ0) is 29.7. The largest absolute Gasteiger partial charge is 0.361 e. The summed E-state index contributed by atoms with van der Waals surface area (Å²) >= 11 is 1.51. The SMILES string of the molecule is CN1C[C@@H](C(=O)N[C@]2(C)O[C@@]3(O)[C@H]4CSCN4C(=O)[C@H](Cc4ccccc4)N3C2=O)C=C2c3cccc4[nH]cc(c34)C[C@H]21. The van der Waals surface area contributed by atoms with Gasteiger partial charge < -0.3 is 20.3 Å². The van der Waals surface area contributed by atoms with E-state index in [1.807, 2.05) is 49.5 Å². The lowest BCUT2D eigenvalue weighted by Gasteiger charge is -2.48. The molecule has 1 aromatic heterocycles. The van der Waals surface area contributed by atoms with Gasteiger partial charge in [0.2, 0.25) is 17.5 Å². The number of piperazine rings is 1. The number of nitrogens with zero attached hydrogens (tertiary/aromatic N) is 3. The first-order chi connectivity index (χ1) is 20.7. The third-order valence-corrected chi connectivity index (χ3v) is 10.8. The maximum Gasteiger partial charge on any atom is 0.280 e. The van der Waals surface area contributed by atoms with Crippen molar-refractivity contribution in [1.82, 2.24) is 25.0 Å². The van der Waals surface area contributed by atoms with Gasteiger partial charge in [-0.2, -0.15) is 0 Å². The number of aliphatic hydroxyl groups is 1. The predicted octanol–water partition coefficient (Wildman–Crippen LogP) is 1.90. The molecule has 4 aliphatic heterocycles. The van der Waals surface area contributed by atoms with Crippen LogP contribution in [-0.4, -0.2) is 97.5 Å². The van der Waals surface area contributed by atoms with Crippen molar-refractivity contribution in [3.05, 3.63) is 77.5 Å². The van der Waals surface area contributed by atoms with Crippen LogP contribution in [0.5, 0.6) is 0 Å². The van der Waals surface area contributed by atoms with E-state index in [0.717, 1.165) is 28.6 Å². The van der Waals surface area contributed by atoms with Crippen molar-refractivity contribution in [2.24, 2.45) is 5.92 Å². The Morgan fingerprint density at radius 3 is 2.81 bits per heavy atom. The van der Waals surface area contributed by atoms with Crippen LogP contribution >= 0.6 is 11.8 Å². The maximum absolute atomic E-state index is 14.2. The summed E-state index contributed by atoms with van der Waals surface area (Å²) in [6.07, 6.45) is 5.16. The Hall–Kier alpha value is -3.64. The Kier molecular flexibility index (Phi) is 5.91. The Bertz CT molecular complexity index is 1710. The van der Waals surface area contributed by atoms with E-state index in [2.05, 4.69) is 33.5 Å². The molecule has 3 amide bonds. The number of ether oxygens (including phenoxy) is 1. The van der Waals surface area contributed by atoms with Crippen LogP contribution in [0, 0.1) is 5.92 Å². The molecule has 43 heavy (non-hydrogen) atoms. The normalized spacial score (nSPS) is 33.3. The number of hydrogen-bond acceptors (Lipinski definition) is 7. The molecule has 3 aromatic rings. The van der Waals surface area contributed by atoms with Gasteiger partial charge >= 0.3 is 0 Å². The van der Waals surface area contributed by atoms with Gasteiger partial charge in [0.15, 0.2) is 0 Å². The second-order valence-corrected chi connectivity index (χ2v) is 13.4. The van der Waals surface area contributed by atoms with Crippen LogP contribution in [0.4, 0.5) is 0 Å². The van der Waals surface area contributed by atoms with Gasteiger partial charge in [-0.25, -0.2) is 0 Å². The molecule has 11 heteroatoms. The molecule has 10 nitrogen and oxygen atoms in total. The highest BCUT2D eigenvalue weighted by Crippen LogP contribution is 2.46. The van der Waals surface area contributed by atoms with E-state index in [-0.39, 0.29) is 24.3 Å². The van der Waals surface area contributed by atoms with Crippen LogP contribution in [0.15, 0.2) is 60.8 Å². The minimum absolute atomic E-state index is 0.142. The van der Waals surface area contributed by atoms with Crippen molar-refractivity contribution in [1.29, 1.82) is 0 Å². The second kappa shape index (κ2) is 9.43. The van der Waals surface area contributed by atoms with Crippen LogP contribution in [-0.2, 0) is 32.0 Å². The molecule has 8 rings (SSSR count). The zero-order valence-electron chi connectivity index (χ0n) is 23.9. The maximum atomic E-state index is 14.2. The number of aromatic amines is 1. The smallest absolute Gasteiger partial charge is 0.280 e. The van der Waals surface area contributed by atoms with Gasteiger partial charge in [-0.1, -0.05) is 48.5 Å². The van der Waals surface area contributed by atoms with Crippen molar-refractivity contribution in [3.8, 4) is 0 Å². The number of carbonyl (C=O) groups excluding carboxylic acids is 3. The lowest BCUT2D eigenvalue weighted by molar-refractivity contribution is -0.313. The molecule has 0 saturated carbocycles. The number of hydrogen-bond donors (Lipinski definition) is 3. The molecule has 2 aromatic carbocycles. The van der Waals surface area contributed by atoms with E-state index >= 15 is 0 Å². The Morgan fingerprint density at radius 1 is 1.19 bits per heavy atom. The molecule has 6 atom stereocenters. The molecule has 0 radical (unpaired) electrons. The van der Waals surface area contributed by atoms with Gasteiger partial charge in [-0.3, -0.25) is 28.9 Å². The van der Waals surface area contributed by atoms with Gasteiger partial charge in [-0.05, 0) is 48.7 Å². The summed E-state index contributed by atoms with van der Waals surface area (Å²) in [6.45, 7) is 1.95. The Labute approximate surface area is 253 Å². The predicted molar refractivity (Wildman–Crippen MR) is 161 cm³/mol. The highest BCUT2D eigenvalue weighted by molar-refractivity contribution is 7.99. The fourth-order valence-corrected chi connectivity index (χ4v) is 8.90. The highest BCUT2D eigenvalue weighted by Gasteiger charge is 2.70. The summed E-state index contributed by atoms with van der Waals surface area (Å²) in [5.41, 5.74) is 3.56. The number of aromatic nitrogens is 1. The van der Waals surface area contributed by atoms with E-state index in [9.17, 15) is 19.5 Å². The van der Waals surface area contributed by atoms with Gasteiger partial charge in [0.25, 0.3) is 11.8 Å². The number of thioether (sulfide) groups is 1. The summed E-state index contributed by atoms with van der Waals surface area (Å²) < 4.78 is 6.21. The lowest BCUT2D eigenvalue weighted by Crippen LogP contribution is -2.72.